The van der Waals surface area contributed by atoms with Crippen molar-refractivity contribution in [2.75, 3.05) is 25.4 Å². The van der Waals surface area contributed by atoms with Crippen molar-refractivity contribution >= 4 is 39.3 Å². The highest BCUT2D eigenvalue weighted by molar-refractivity contribution is 7.98. The monoisotopic (exact) mass is 466 g/mol. The molecule has 2 aromatic rings. The van der Waals surface area contributed by atoms with Crippen LogP contribution in [0.1, 0.15) is 24.0 Å². The van der Waals surface area contributed by atoms with Gasteiger partial charge in [-0.2, -0.15) is 16.1 Å². The summed E-state index contributed by atoms with van der Waals surface area (Å²) >= 11 is 7.72. The number of sulfonamides is 1. The average Bonchev–Trinajstić information content (AvgIpc) is 2.74. The zero-order chi connectivity index (χ0) is 21.6. The van der Waals surface area contributed by atoms with E-state index in [-0.39, 0.29) is 23.3 Å². The zero-order valence-corrected chi connectivity index (χ0v) is 19.4. The van der Waals surface area contributed by atoms with E-state index in [9.17, 15) is 13.2 Å². The molecule has 2 aromatic carbocycles. The molecular formula is C22H27ClN2O3S2. The lowest BCUT2D eigenvalue weighted by atomic mass is 9.99. The van der Waals surface area contributed by atoms with E-state index in [0.29, 0.717) is 25.9 Å². The lowest BCUT2D eigenvalue weighted by Crippen LogP contribution is -2.45. The number of nitrogens with one attached hydrogen (secondary N) is 1. The number of hydrogen-bond donors (Lipinski definition) is 1. The molecule has 1 atom stereocenters. The number of benzene rings is 2. The Labute approximate surface area is 188 Å². The molecule has 1 fully saturated rings. The van der Waals surface area contributed by atoms with Crippen LogP contribution in [0.3, 0.4) is 0 Å². The van der Waals surface area contributed by atoms with Gasteiger partial charge in [0.05, 0.1) is 10.8 Å². The maximum absolute atomic E-state index is 12.9. The fourth-order valence-electron chi connectivity index (χ4n) is 3.44. The van der Waals surface area contributed by atoms with E-state index >= 15 is 0 Å². The van der Waals surface area contributed by atoms with E-state index in [1.165, 1.54) is 4.31 Å². The minimum atomic E-state index is -3.57. The number of carbonyl (C=O) groups is 1. The lowest BCUT2D eigenvalue weighted by molar-refractivity contribution is -0.125. The van der Waals surface area contributed by atoms with Crippen molar-refractivity contribution in [3.8, 4) is 0 Å². The first kappa shape index (κ1) is 23.1. The molecule has 5 nitrogen and oxygen atoms in total. The van der Waals surface area contributed by atoms with E-state index in [2.05, 4.69) is 5.32 Å². The van der Waals surface area contributed by atoms with Gasteiger partial charge in [-0.05, 0) is 49.6 Å². The quantitative estimate of drug-likeness (QED) is 0.595. The normalized spacial score (nSPS) is 17.6. The summed E-state index contributed by atoms with van der Waals surface area (Å²) in [5, 5.41) is 3.69. The van der Waals surface area contributed by atoms with Crippen molar-refractivity contribution in [3.63, 3.8) is 0 Å². The Hall–Kier alpha value is -1.54. The third-order valence-electron chi connectivity index (χ3n) is 5.12. The minimum Gasteiger partial charge on any atom is -0.355 e. The Bertz CT molecular complexity index is 965. The molecule has 0 aliphatic carbocycles. The van der Waals surface area contributed by atoms with Crippen molar-refractivity contribution in [3.05, 3.63) is 64.7 Å². The second-order valence-electron chi connectivity index (χ2n) is 7.49. The number of nitrogens with zero attached hydrogens (tertiary/aromatic N) is 1. The van der Waals surface area contributed by atoms with Gasteiger partial charge in [-0.25, -0.2) is 8.42 Å². The third kappa shape index (κ3) is 6.23. The number of aryl methyl sites for hydroxylation is 1. The fraction of sp³-hybridized carbons (Fsp3) is 0.409. The number of carbonyl (C=O) groups excluding carboxylic acids is 1. The Morgan fingerprint density at radius 3 is 2.73 bits per heavy atom. The summed E-state index contributed by atoms with van der Waals surface area (Å²) < 4.78 is 27.3. The van der Waals surface area contributed by atoms with Crippen molar-refractivity contribution in [2.45, 2.75) is 30.4 Å². The highest BCUT2D eigenvalue weighted by Crippen LogP contribution is 2.24. The van der Waals surface area contributed by atoms with Crippen LogP contribution in [-0.4, -0.2) is 44.0 Å². The van der Waals surface area contributed by atoms with Crippen LogP contribution in [0.5, 0.6) is 0 Å². The number of piperidine rings is 1. The molecule has 1 N–H and O–H groups in total. The van der Waals surface area contributed by atoms with Gasteiger partial charge >= 0.3 is 0 Å². The van der Waals surface area contributed by atoms with Crippen LogP contribution in [0.2, 0.25) is 5.02 Å². The highest BCUT2D eigenvalue weighted by Gasteiger charge is 2.33. The van der Waals surface area contributed by atoms with Gasteiger partial charge in [-0.1, -0.05) is 41.4 Å². The van der Waals surface area contributed by atoms with E-state index in [1.807, 2.05) is 31.2 Å². The molecular weight excluding hydrogens is 440 g/mol. The third-order valence-corrected chi connectivity index (χ3v) is 8.26. The highest BCUT2D eigenvalue weighted by atomic mass is 35.5. The van der Waals surface area contributed by atoms with Crippen molar-refractivity contribution < 1.29 is 13.2 Å². The summed E-state index contributed by atoms with van der Waals surface area (Å²) in [7, 11) is -3.57. The summed E-state index contributed by atoms with van der Waals surface area (Å²) in [5.74, 6) is 1.25. The number of halogens is 1. The topological polar surface area (TPSA) is 66.5 Å². The number of amides is 1. The second kappa shape index (κ2) is 10.7. The Kier molecular flexibility index (Phi) is 8.22. The predicted molar refractivity (Wildman–Crippen MR) is 123 cm³/mol. The molecule has 0 unspecified atom stereocenters. The van der Waals surface area contributed by atoms with Gasteiger partial charge in [0, 0.05) is 36.2 Å². The lowest BCUT2D eigenvalue weighted by Gasteiger charge is -2.31. The minimum absolute atomic E-state index is 0.0674. The van der Waals surface area contributed by atoms with Crippen LogP contribution in [0.4, 0.5) is 0 Å². The number of rotatable bonds is 8. The number of thioether (sulfide) groups is 1. The summed E-state index contributed by atoms with van der Waals surface area (Å²) in [6.07, 6.45) is 1.40. The second-order valence-corrected chi connectivity index (χ2v) is 11.0. The molecule has 1 saturated heterocycles. The van der Waals surface area contributed by atoms with Gasteiger partial charge in [0.15, 0.2) is 0 Å². The molecule has 0 radical (unpaired) electrons. The Balaban J connectivity index is 1.46. The van der Waals surface area contributed by atoms with Gasteiger partial charge < -0.3 is 5.32 Å². The van der Waals surface area contributed by atoms with Crippen LogP contribution in [0.15, 0.2) is 53.4 Å². The van der Waals surface area contributed by atoms with Crippen LogP contribution in [0, 0.1) is 12.8 Å². The fourth-order valence-corrected chi connectivity index (χ4v) is 5.98. The summed E-state index contributed by atoms with van der Waals surface area (Å²) in [4.78, 5) is 12.9. The summed E-state index contributed by atoms with van der Waals surface area (Å²) in [6.45, 7) is 3.17. The average molecular weight is 467 g/mol. The molecule has 1 heterocycles. The molecule has 8 heteroatoms. The van der Waals surface area contributed by atoms with E-state index in [4.69, 9.17) is 11.6 Å². The van der Waals surface area contributed by atoms with Gasteiger partial charge in [-0.15, -0.1) is 0 Å². The van der Waals surface area contributed by atoms with Gasteiger partial charge in [0.1, 0.15) is 0 Å². The van der Waals surface area contributed by atoms with Crippen molar-refractivity contribution in [1.29, 1.82) is 0 Å². The van der Waals surface area contributed by atoms with Crippen LogP contribution < -0.4 is 5.32 Å². The zero-order valence-electron chi connectivity index (χ0n) is 17.0. The first-order valence-corrected chi connectivity index (χ1v) is 13.0. The molecule has 0 spiro atoms. The van der Waals surface area contributed by atoms with Crippen molar-refractivity contribution in [1.82, 2.24) is 9.62 Å². The smallest absolute Gasteiger partial charge is 0.243 e. The molecule has 0 saturated carbocycles. The Morgan fingerprint density at radius 1 is 1.23 bits per heavy atom. The molecule has 162 valence electrons. The molecule has 3 rings (SSSR count). The first-order valence-electron chi connectivity index (χ1n) is 10.0. The first-order chi connectivity index (χ1) is 14.4. The van der Waals surface area contributed by atoms with Gasteiger partial charge in [-0.3, -0.25) is 4.79 Å². The van der Waals surface area contributed by atoms with Crippen molar-refractivity contribution in [2.24, 2.45) is 5.92 Å². The Morgan fingerprint density at radius 2 is 2.00 bits per heavy atom. The summed E-state index contributed by atoms with van der Waals surface area (Å²) in [5.41, 5.74) is 2.17. The van der Waals surface area contributed by atoms with E-state index in [1.54, 1.807) is 36.0 Å². The molecule has 1 amide bonds. The maximum Gasteiger partial charge on any atom is 0.243 e. The molecule has 1 aliphatic heterocycles. The van der Waals surface area contributed by atoms with Gasteiger partial charge in [0.2, 0.25) is 15.9 Å². The molecule has 0 aromatic heterocycles. The molecule has 1 aliphatic rings. The molecule has 30 heavy (non-hydrogen) atoms. The number of hydrogen-bond acceptors (Lipinski definition) is 4. The van der Waals surface area contributed by atoms with E-state index < -0.39 is 10.0 Å². The largest absolute Gasteiger partial charge is 0.355 e. The van der Waals surface area contributed by atoms with Crippen LogP contribution >= 0.6 is 23.4 Å². The molecule has 0 bridgehead atoms. The standard InChI is InChI=1S/C22H27ClN2O3S2/c1-17-7-9-21(10-8-17)30(27,28)25-12-3-5-19(15-25)22(26)24-11-13-29-16-18-4-2-6-20(23)14-18/h2,4,6-10,14,19H,3,5,11-13,15-16H2,1H3,(H,24,26)/t19-/m1/s1. The predicted octanol–water partition coefficient (Wildman–Crippen LogP) is 4.10. The maximum atomic E-state index is 12.9. The van der Waals surface area contributed by atoms with E-state index in [0.717, 1.165) is 27.7 Å². The summed E-state index contributed by atoms with van der Waals surface area (Å²) in [6, 6.07) is 14.6. The van der Waals surface area contributed by atoms with Gasteiger partial charge in [0.25, 0.3) is 0 Å². The van der Waals surface area contributed by atoms with Crippen LogP contribution in [0.25, 0.3) is 0 Å². The SMILES string of the molecule is Cc1ccc(S(=O)(=O)N2CCC[C@@H](C(=O)NCCSCc3cccc(Cl)c3)C2)cc1. The van der Waals surface area contributed by atoms with Crippen LogP contribution in [-0.2, 0) is 20.6 Å².